The standard InChI is InChI=1S/C21H19NO3/c1-15-19(17-5-3-2-4-6-17)11-12-20(23)22(15)14-13-16-7-9-18(10-8-16)21(24)25/h2-12H,13-14H2,1H3,(H,24,25). The van der Waals surface area contributed by atoms with Gasteiger partial charge in [-0.1, -0.05) is 42.5 Å². The number of aromatic nitrogens is 1. The molecule has 3 rings (SSSR count). The van der Waals surface area contributed by atoms with Crippen LogP contribution in [-0.4, -0.2) is 15.6 Å². The van der Waals surface area contributed by atoms with Crippen molar-refractivity contribution in [3.63, 3.8) is 0 Å². The van der Waals surface area contributed by atoms with Gasteiger partial charge in [0, 0.05) is 23.9 Å². The monoisotopic (exact) mass is 333 g/mol. The highest BCUT2D eigenvalue weighted by Gasteiger charge is 2.08. The molecule has 0 radical (unpaired) electrons. The molecule has 0 unspecified atom stereocenters. The summed E-state index contributed by atoms with van der Waals surface area (Å²) in [7, 11) is 0. The Hall–Kier alpha value is -3.14. The van der Waals surface area contributed by atoms with Crippen LogP contribution in [0.4, 0.5) is 0 Å². The summed E-state index contributed by atoms with van der Waals surface area (Å²) in [6.07, 6.45) is 0.666. The molecule has 0 saturated heterocycles. The number of hydrogen-bond acceptors (Lipinski definition) is 2. The van der Waals surface area contributed by atoms with Gasteiger partial charge in [-0.05, 0) is 42.7 Å². The number of hydrogen-bond donors (Lipinski definition) is 1. The van der Waals surface area contributed by atoms with Crippen LogP contribution in [-0.2, 0) is 13.0 Å². The quantitative estimate of drug-likeness (QED) is 0.773. The number of carboxylic acids is 1. The van der Waals surface area contributed by atoms with Crippen molar-refractivity contribution >= 4 is 5.97 Å². The number of nitrogens with zero attached hydrogens (tertiary/aromatic N) is 1. The van der Waals surface area contributed by atoms with Crippen LogP contribution in [0, 0.1) is 6.92 Å². The predicted molar refractivity (Wildman–Crippen MR) is 98.0 cm³/mol. The van der Waals surface area contributed by atoms with Gasteiger partial charge in [-0.2, -0.15) is 0 Å². The van der Waals surface area contributed by atoms with E-state index in [0.717, 1.165) is 22.4 Å². The highest BCUT2D eigenvalue weighted by molar-refractivity contribution is 5.87. The van der Waals surface area contributed by atoms with Crippen LogP contribution < -0.4 is 5.56 Å². The lowest BCUT2D eigenvalue weighted by atomic mass is 10.0. The van der Waals surface area contributed by atoms with Crippen molar-refractivity contribution in [3.8, 4) is 11.1 Å². The number of pyridine rings is 1. The first-order valence-corrected chi connectivity index (χ1v) is 8.14. The van der Waals surface area contributed by atoms with E-state index in [1.807, 2.05) is 43.3 Å². The molecule has 0 aliphatic heterocycles. The normalized spacial score (nSPS) is 10.6. The van der Waals surface area contributed by atoms with Gasteiger partial charge in [0.15, 0.2) is 0 Å². The third-order valence-corrected chi connectivity index (χ3v) is 4.36. The fraction of sp³-hybridized carbons (Fsp3) is 0.143. The predicted octanol–water partition coefficient (Wildman–Crippen LogP) is 3.76. The summed E-state index contributed by atoms with van der Waals surface area (Å²) in [6, 6.07) is 20.2. The molecule has 1 N–H and O–H groups in total. The van der Waals surface area contributed by atoms with E-state index in [4.69, 9.17) is 5.11 Å². The molecule has 1 aromatic heterocycles. The largest absolute Gasteiger partial charge is 0.478 e. The third kappa shape index (κ3) is 3.69. The number of carboxylic acid groups (broad SMARTS) is 1. The second-order valence-corrected chi connectivity index (χ2v) is 5.94. The van der Waals surface area contributed by atoms with Gasteiger partial charge in [0.05, 0.1) is 5.56 Å². The fourth-order valence-corrected chi connectivity index (χ4v) is 2.93. The minimum absolute atomic E-state index is 0.0284. The summed E-state index contributed by atoms with van der Waals surface area (Å²) in [6.45, 7) is 2.51. The van der Waals surface area contributed by atoms with Crippen molar-refractivity contribution in [2.75, 3.05) is 0 Å². The van der Waals surface area contributed by atoms with Crippen LogP contribution in [0.3, 0.4) is 0 Å². The molecule has 4 nitrogen and oxygen atoms in total. The van der Waals surface area contributed by atoms with Crippen molar-refractivity contribution < 1.29 is 9.90 Å². The van der Waals surface area contributed by atoms with Gasteiger partial charge in [-0.25, -0.2) is 4.79 Å². The van der Waals surface area contributed by atoms with Crippen LogP contribution in [0.15, 0.2) is 71.5 Å². The molecule has 126 valence electrons. The zero-order valence-corrected chi connectivity index (χ0v) is 14.0. The second kappa shape index (κ2) is 7.18. The van der Waals surface area contributed by atoms with Crippen LogP contribution in [0.2, 0.25) is 0 Å². The highest BCUT2D eigenvalue weighted by Crippen LogP contribution is 2.21. The highest BCUT2D eigenvalue weighted by atomic mass is 16.4. The smallest absolute Gasteiger partial charge is 0.335 e. The lowest BCUT2D eigenvalue weighted by Gasteiger charge is -2.14. The third-order valence-electron chi connectivity index (χ3n) is 4.36. The number of rotatable bonds is 5. The Bertz CT molecular complexity index is 941. The summed E-state index contributed by atoms with van der Waals surface area (Å²) in [5.41, 5.74) is 4.30. The molecule has 0 atom stereocenters. The topological polar surface area (TPSA) is 59.3 Å². The zero-order chi connectivity index (χ0) is 17.8. The minimum Gasteiger partial charge on any atom is -0.478 e. The van der Waals surface area contributed by atoms with Gasteiger partial charge in [0.1, 0.15) is 0 Å². The Morgan fingerprint density at radius 1 is 0.960 bits per heavy atom. The number of aromatic carboxylic acids is 1. The van der Waals surface area contributed by atoms with Crippen molar-refractivity contribution in [3.05, 3.63) is 93.9 Å². The Morgan fingerprint density at radius 3 is 2.28 bits per heavy atom. The molecule has 0 amide bonds. The van der Waals surface area contributed by atoms with E-state index in [2.05, 4.69) is 0 Å². The van der Waals surface area contributed by atoms with Crippen LogP contribution in [0.1, 0.15) is 21.6 Å². The molecule has 0 fully saturated rings. The maximum absolute atomic E-state index is 12.3. The fourth-order valence-electron chi connectivity index (χ4n) is 2.93. The molecule has 0 aliphatic carbocycles. The summed E-state index contributed by atoms with van der Waals surface area (Å²) in [4.78, 5) is 23.2. The molecule has 0 saturated carbocycles. The Kier molecular flexibility index (Phi) is 4.80. The average Bonchev–Trinajstić information content (AvgIpc) is 2.63. The lowest BCUT2D eigenvalue weighted by molar-refractivity contribution is 0.0697. The average molecular weight is 333 g/mol. The SMILES string of the molecule is Cc1c(-c2ccccc2)ccc(=O)n1CCc1ccc(C(=O)O)cc1. The van der Waals surface area contributed by atoms with E-state index in [9.17, 15) is 9.59 Å². The number of benzene rings is 2. The van der Waals surface area contributed by atoms with Gasteiger partial charge in [-0.15, -0.1) is 0 Å². The van der Waals surface area contributed by atoms with Crippen LogP contribution in [0.5, 0.6) is 0 Å². The maximum Gasteiger partial charge on any atom is 0.335 e. The van der Waals surface area contributed by atoms with Gasteiger partial charge in [0.2, 0.25) is 0 Å². The Balaban J connectivity index is 1.85. The summed E-state index contributed by atoms with van der Waals surface area (Å²) < 4.78 is 1.77. The molecule has 0 aliphatic rings. The first kappa shape index (κ1) is 16.7. The van der Waals surface area contributed by atoms with Gasteiger partial charge >= 0.3 is 5.97 Å². The van der Waals surface area contributed by atoms with E-state index in [-0.39, 0.29) is 11.1 Å². The van der Waals surface area contributed by atoms with Crippen LogP contribution in [0.25, 0.3) is 11.1 Å². The molecule has 2 aromatic carbocycles. The molecule has 0 spiro atoms. The molecule has 4 heteroatoms. The second-order valence-electron chi connectivity index (χ2n) is 5.94. The zero-order valence-electron chi connectivity index (χ0n) is 14.0. The van der Waals surface area contributed by atoms with Crippen molar-refractivity contribution in [1.29, 1.82) is 0 Å². The maximum atomic E-state index is 12.3. The van der Waals surface area contributed by atoms with Crippen molar-refractivity contribution in [2.24, 2.45) is 0 Å². The van der Waals surface area contributed by atoms with Gasteiger partial charge in [-0.3, -0.25) is 4.79 Å². The molecular formula is C21H19NO3. The van der Waals surface area contributed by atoms with E-state index in [1.165, 1.54) is 0 Å². The molecule has 3 aromatic rings. The van der Waals surface area contributed by atoms with Gasteiger partial charge in [0.25, 0.3) is 5.56 Å². The van der Waals surface area contributed by atoms with E-state index >= 15 is 0 Å². The molecule has 0 bridgehead atoms. The minimum atomic E-state index is -0.936. The summed E-state index contributed by atoms with van der Waals surface area (Å²) >= 11 is 0. The van der Waals surface area contributed by atoms with E-state index in [0.29, 0.717) is 13.0 Å². The van der Waals surface area contributed by atoms with Gasteiger partial charge < -0.3 is 9.67 Å². The Labute approximate surface area is 146 Å². The van der Waals surface area contributed by atoms with Crippen molar-refractivity contribution in [2.45, 2.75) is 19.9 Å². The number of carbonyl (C=O) groups is 1. The van der Waals surface area contributed by atoms with Crippen molar-refractivity contribution in [1.82, 2.24) is 4.57 Å². The van der Waals surface area contributed by atoms with E-state index in [1.54, 1.807) is 34.9 Å². The molecule has 25 heavy (non-hydrogen) atoms. The summed E-state index contributed by atoms with van der Waals surface area (Å²) in [5, 5.41) is 8.95. The lowest BCUT2D eigenvalue weighted by Crippen LogP contribution is -2.23. The summed E-state index contributed by atoms with van der Waals surface area (Å²) in [5.74, 6) is -0.936. The molecule has 1 heterocycles. The first-order chi connectivity index (χ1) is 12.1. The first-order valence-electron chi connectivity index (χ1n) is 8.14. The van der Waals surface area contributed by atoms with E-state index < -0.39 is 5.97 Å². The number of aryl methyl sites for hydroxylation is 1. The Morgan fingerprint density at radius 2 is 1.64 bits per heavy atom. The molecular weight excluding hydrogens is 314 g/mol. The van der Waals surface area contributed by atoms with Crippen LogP contribution >= 0.6 is 0 Å².